The number of aromatic hydroxyl groups is 1. The zero-order chi connectivity index (χ0) is 16.1. The summed E-state index contributed by atoms with van der Waals surface area (Å²) in [5, 5.41) is 12.4. The lowest BCUT2D eigenvalue weighted by molar-refractivity contribution is 0.102. The van der Waals surface area contributed by atoms with Crippen LogP contribution in [0.25, 0.3) is 0 Å². The Hall–Kier alpha value is -2.89. The van der Waals surface area contributed by atoms with Crippen LogP contribution in [0.2, 0.25) is 0 Å². The number of rotatable bonds is 5. The lowest BCUT2D eigenvalue weighted by Crippen LogP contribution is -2.12. The number of phenolic OH excluding ortho intramolecular Hbond substituents is 1. The number of benzene rings is 2. The Kier molecular flexibility index (Phi) is 4.73. The minimum Gasteiger partial charge on any atom is -0.507 e. The Labute approximate surface area is 128 Å². The lowest BCUT2D eigenvalue weighted by atomic mass is 10.1. The Morgan fingerprint density at radius 3 is 2.27 bits per heavy atom. The van der Waals surface area contributed by atoms with Gasteiger partial charge < -0.3 is 24.6 Å². The van der Waals surface area contributed by atoms with Gasteiger partial charge in [-0.15, -0.1) is 0 Å². The van der Waals surface area contributed by atoms with Gasteiger partial charge in [-0.3, -0.25) is 4.79 Å². The fourth-order valence-corrected chi connectivity index (χ4v) is 1.96. The van der Waals surface area contributed by atoms with Crippen LogP contribution in [0, 0.1) is 6.07 Å². The van der Waals surface area contributed by atoms with E-state index in [4.69, 9.17) is 14.2 Å². The van der Waals surface area contributed by atoms with Gasteiger partial charge in [0.2, 0.25) is 5.75 Å². The number of ether oxygens (including phenoxy) is 3. The molecule has 115 valence electrons. The quantitative estimate of drug-likeness (QED) is 0.887. The zero-order valence-corrected chi connectivity index (χ0v) is 12.5. The molecule has 0 fully saturated rings. The summed E-state index contributed by atoms with van der Waals surface area (Å²) in [6.45, 7) is 0. The molecule has 2 rings (SSSR count). The Morgan fingerprint density at radius 1 is 1.14 bits per heavy atom. The highest BCUT2D eigenvalue weighted by Crippen LogP contribution is 2.40. The average molecular weight is 302 g/mol. The van der Waals surface area contributed by atoms with E-state index in [1.165, 1.54) is 39.5 Å². The van der Waals surface area contributed by atoms with Crippen molar-refractivity contribution in [1.29, 1.82) is 0 Å². The number of anilines is 1. The first-order valence-corrected chi connectivity index (χ1v) is 6.41. The molecule has 1 amide bonds. The molecule has 6 heteroatoms. The minimum atomic E-state index is -0.469. The topological polar surface area (TPSA) is 77.0 Å². The molecule has 0 atom stereocenters. The van der Waals surface area contributed by atoms with E-state index in [9.17, 15) is 9.90 Å². The summed E-state index contributed by atoms with van der Waals surface area (Å²) in [5.74, 6) is 0.674. The van der Waals surface area contributed by atoms with Gasteiger partial charge in [-0.1, -0.05) is 6.07 Å². The number of phenols is 1. The first-order valence-electron chi connectivity index (χ1n) is 6.41. The third-order valence-electron chi connectivity index (χ3n) is 3.01. The number of hydrogen-bond donors (Lipinski definition) is 2. The van der Waals surface area contributed by atoms with Gasteiger partial charge in [0.05, 0.1) is 26.9 Å². The maximum atomic E-state index is 12.2. The molecule has 6 nitrogen and oxygen atoms in total. The molecule has 0 aliphatic carbocycles. The van der Waals surface area contributed by atoms with Crippen LogP contribution < -0.4 is 19.5 Å². The van der Waals surface area contributed by atoms with Crippen LogP contribution in [0.15, 0.2) is 30.3 Å². The third kappa shape index (κ3) is 3.06. The van der Waals surface area contributed by atoms with E-state index in [-0.39, 0.29) is 11.3 Å². The highest BCUT2D eigenvalue weighted by molar-refractivity contribution is 6.06. The van der Waals surface area contributed by atoms with E-state index in [0.717, 1.165) is 0 Å². The van der Waals surface area contributed by atoms with E-state index in [2.05, 4.69) is 11.4 Å². The summed E-state index contributed by atoms with van der Waals surface area (Å²) in [5.41, 5.74) is 0.569. The second-order valence-corrected chi connectivity index (χ2v) is 4.31. The number of nitrogens with one attached hydrogen (secondary N) is 1. The number of amides is 1. The molecule has 2 aromatic rings. The number of methoxy groups -OCH3 is 3. The molecule has 0 aliphatic rings. The van der Waals surface area contributed by atoms with E-state index in [1.807, 2.05) is 0 Å². The smallest absolute Gasteiger partial charge is 0.259 e. The van der Waals surface area contributed by atoms with E-state index in [1.54, 1.807) is 12.1 Å². The van der Waals surface area contributed by atoms with Crippen molar-refractivity contribution >= 4 is 11.6 Å². The van der Waals surface area contributed by atoms with Crippen LogP contribution in [0.3, 0.4) is 0 Å². The van der Waals surface area contributed by atoms with Crippen LogP contribution in [-0.4, -0.2) is 32.3 Å². The Morgan fingerprint density at radius 2 is 1.77 bits per heavy atom. The summed E-state index contributed by atoms with van der Waals surface area (Å²) in [7, 11) is 4.47. The molecule has 0 heterocycles. The molecule has 0 aliphatic heterocycles. The van der Waals surface area contributed by atoms with Gasteiger partial charge in [0.1, 0.15) is 5.75 Å². The summed E-state index contributed by atoms with van der Waals surface area (Å²) in [6.07, 6.45) is 0. The molecule has 0 bridgehead atoms. The zero-order valence-electron chi connectivity index (χ0n) is 12.5. The predicted octanol–water partition coefficient (Wildman–Crippen LogP) is 2.47. The molecule has 1 radical (unpaired) electrons. The predicted molar refractivity (Wildman–Crippen MR) is 81.0 cm³/mol. The van der Waals surface area contributed by atoms with Crippen LogP contribution in [0.4, 0.5) is 5.69 Å². The van der Waals surface area contributed by atoms with Gasteiger partial charge in [-0.2, -0.15) is 0 Å². The molecule has 2 N–H and O–H groups in total. The van der Waals surface area contributed by atoms with Crippen molar-refractivity contribution in [2.24, 2.45) is 0 Å². The highest BCUT2D eigenvalue weighted by atomic mass is 16.5. The largest absolute Gasteiger partial charge is 0.507 e. The average Bonchev–Trinajstić information content (AvgIpc) is 2.54. The van der Waals surface area contributed by atoms with Crippen molar-refractivity contribution in [3.8, 4) is 23.0 Å². The van der Waals surface area contributed by atoms with E-state index < -0.39 is 5.91 Å². The summed E-state index contributed by atoms with van der Waals surface area (Å²) >= 11 is 0. The highest BCUT2D eigenvalue weighted by Gasteiger charge is 2.16. The van der Waals surface area contributed by atoms with Gasteiger partial charge in [0, 0.05) is 17.8 Å². The lowest BCUT2D eigenvalue weighted by Gasteiger charge is -2.14. The van der Waals surface area contributed by atoms with E-state index in [0.29, 0.717) is 22.9 Å². The van der Waals surface area contributed by atoms with Gasteiger partial charge in [-0.05, 0) is 18.2 Å². The van der Waals surface area contributed by atoms with Crippen LogP contribution in [0.1, 0.15) is 10.4 Å². The van der Waals surface area contributed by atoms with Crippen molar-refractivity contribution in [2.75, 3.05) is 26.6 Å². The van der Waals surface area contributed by atoms with Crippen molar-refractivity contribution < 1.29 is 24.1 Å². The first kappa shape index (κ1) is 15.5. The SMILES string of the molecule is COc1cc(NC(=O)c2c[c]ccc2O)cc(OC)c1OC. The van der Waals surface area contributed by atoms with Crippen LogP contribution in [0.5, 0.6) is 23.0 Å². The fourth-order valence-electron chi connectivity index (χ4n) is 1.96. The number of hydrogen-bond acceptors (Lipinski definition) is 5. The number of carbonyl (C=O) groups excluding carboxylic acids is 1. The van der Waals surface area contributed by atoms with Crippen molar-refractivity contribution in [3.63, 3.8) is 0 Å². The Bertz CT molecular complexity index is 659. The molecule has 22 heavy (non-hydrogen) atoms. The van der Waals surface area contributed by atoms with E-state index >= 15 is 0 Å². The monoisotopic (exact) mass is 302 g/mol. The van der Waals surface area contributed by atoms with Gasteiger partial charge in [0.15, 0.2) is 11.5 Å². The van der Waals surface area contributed by atoms with Gasteiger partial charge in [-0.25, -0.2) is 0 Å². The third-order valence-corrected chi connectivity index (χ3v) is 3.01. The molecular weight excluding hydrogens is 286 g/mol. The second-order valence-electron chi connectivity index (χ2n) is 4.31. The Balaban J connectivity index is 2.34. The molecule has 0 unspecified atom stereocenters. The van der Waals surface area contributed by atoms with Crippen molar-refractivity contribution in [3.05, 3.63) is 42.0 Å². The molecule has 0 spiro atoms. The van der Waals surface area contributed by atoms with Gasteiger partial charge >= 0.3 is 0 Å². The first-order chi connectivity index (χ1) is 10.6. The van der Waals surface area contributed by atoms with Crippen LogP contribution in [-0.2, 0) is 0 Å². The normalized spacial score (nSPS) is 9.95. The van der Waals surface area contributed by atoms with Crippen LogP contribution >= 0.6 is 0 Å². The number of carbonyl (C=O) groups is 1. The van der Waals surface area contributed by atoms with Crippen molar-refractivity contribution in [1.82, 2.24) is 0 Å². The minimum absolute atomic E-state index is 0.122. The summed E-state index contributed by atoms with van der Waals surface area (Å²) in [4.78, 5) is 12.2. The summed E-state index contributed by atoms with van der Waals surface area (Å²) in [6, 6.07) is 10.3. The molecule has 0 aromatic heterocycles. The maximum Gasteiger partial charge on any atom is 0.259 e. The molecule has 0 saturated heterocycles. The van der Waals surface area contributed by atoms with Gasteiger partial charge in [0.25, 0.3) is 5.91 Å². The molecule has 2 aromatic carbocycles. The standard InChI is InChI=1S/C16H16NO5/c1-20-13-8-10(9-14(21-2)15(13)22-3)17-16(19)11-6-4-5-7-12(11)18/h5-9,18H,1-3H3,(H,17,19). The fraction of sp³-hybridized carbons (Fsp3) is 0.188. The summed E-state index contributed by atoms with van der Waals surface area (Å²) < 4.78 is 15.7. The van der Waals surface area contributed by atoms with Crippen molar-refractivity contribution in [2.45, 2.75) is 0 Å². The molecule has 0 saturated carbocycles. The second kappa shape index (κ2) is 6.71. The molecular formula is C16H16NO5. The maximum absolute atomic E-state index is 12.2.